The summed E-state index contributed by atoms with van der Waals surface area (Å²) in [5, 5.41) is 8.21. The summed E-state index contributed by atoms with van der Waals surface area (Å²) >= 11 is 1.41. The van der Waals surface area contributed by atoms with Gasteiger partial charge in [-0.2, -0.15) is 0 Å². The Hall–Kier alpha value is -2.41. The van der Waals surface area contributed by atoms with Gasteiger partial charge in [-0.05, 0) is 42.9 Å². The second-order valence-corrected chi connectivity index (χ2v) is 9.08. The highest BCUT2D eigenvalue weighted by atomic mass is 32.1. The van der Waals surface area contributed by atoms with Gasteiger partial charge in [-0.1, -0.05) is 38.8 Å². The van der Waals surface area contributed by atoms with Gasteiger partial charge in [0.05, 0.1) is 0 Å². The Morgan fingerprint density at radius 2 is 1.93 bits per heavy atom. The first-order valence-corrected chi connectivity index (χ1v) is 11.6. The number of aryl methyl sites for hydroxylation is 1. The Morgan fingerprint density at radius 1 is 1.20 bits per heavy atom. The Balaban J connectivity index is 1.45. The molecular weight excluding hydrogens is 398 g/mol. The number of ether oxygens (including phenoxy) is 1. The van der Waals surface area contributed by atoms with Crippen molar-refractivity contribution < 1.29 is 14.3 Å². The molecule has 6 nitrogen and oxygen atoms in total. The first-order chi connectivity index (χ1) is 14.4. The van der Waals surface area contributed by atoms with Gasteiger partial charge < -0.3 is 15.4 Å². The molecule has 0 radical (unpaired) electrons. The van der Waals surface area contributed by atoms with Crippen molar-refractivity contribution in [2.75, 3.05) is 13.1 Å². The normalized spacial score (nSPS) is 14.1. The summed E-state index contributed by atoms with van der Waals surface area (Å²) < 4.78 is 6.00. The van der Waals surface area contributed by atoms with Crippen LogP contribution in [-0.2, 0) is 11.4 Å². The molecule has 2 amide bonds. The maximum absolute atomic E-state index is 12.3. The quantitative estimate of drug-likeness (QED) is 0.586. The number of aromatic nitrogens is 1. The molecule has 0 bridgehead atoms. The van der Waals surface area contributed by atoms with Crippen molar-refractivity contribution in [1.29, 1.82) is 0 Å². The van der Waals surface area contributed by atoms with Crippen molar-refractivity contribution in [1.82, 2.24) is 15.6 Å². The Bertz CT molecular complexity index is 872. The minimum Gasteiger partial charge on any atom is -0.486 e. The molecule has 1 aromatic carbocycles. The summed E-state index contributed by atoms with van der Waals surface area (Å²) in [5.41, 5.74) is 2.69. The molecule has 1 fully saturated rings. The van der Waals surface area contributed by atoms with E-state index in [9.17, 15) is 9.59 Å². The number of nitrogens with zero attached hydrogens (tertiary/aromatic N) is 1. The van der Waals surface area contributed by atoms with Crippen LogP contribution in [-0.4, -0.2) is 29.9 Å². The molecule has 2 N–H and O–H groups in total. The highest BCUT2D eigenvalue weighted by Gasteiger charge is 2.22. The van der Waals surface area contributed by atoms with Crippen LogP contribution in [0.3, 0.4) is 0 Å². The summed E-state index contributed by atoms with van der Waals surface area (Å²) in [4.78, 5) is 28.7. The van der Waals surface area contributed by atoms with Crippen molar-refractivity contribution >= 4 is 23.2 Å². The van der Waals surface area contributed by atoms with Crippen LogP contribution in [0.5, 0.6) is 5.75 Å². The topological polar surface area (TPSA) is 80.3 Å². The lowest BCUT2D eigenvalue weighted by molar-refractivity contribution is -0.124. The van der Waals surface area contributed by atoms with Crippen molar-refractivity contribution in [3.8, 4) is 5.75 Å². The van der Waals surface area contributed by atoms with Crippen molar-refractivity contribution in [2.24, 2.45) is 5.92 Å². The van der Waals surface area contributed by atoms with Crippen LogP contribution in [0.1, 0.15) is 72.1 Å². The van der Waals surface area contributed by atoms with E-state index in [4.69, 9.17) is 4.74 Å². The van der Waals surface area contributed by atoms with E-state index in [0.717, 1.165) is 47.6 Å². The third-order valence-electron chi connectivity index (χ3n) is 5.36. The molecule has 7 heteroatoms. The number of carbonyl (C=O) groups excluding carboxylic acids is 2. The average Bonchev–Trinajstić information content (AvgIpc) is 3.41. The number of thiazole rings is 1. The molecule has 0 saturated heterocycles. The number of hydrogen-bond donors (Lipinski definition) is 2. The van der Waals surface area contributed by atoms with Crippen LogP contribution >= 0.6 is 11.3 Å². The number of carbonyl (C=O) groups is 2. The molecule has 1 saturated carbocycles. The maximum atomic E-state index is 12.3. The van der Waals surface area contributed by atoms with E-state index < -0.39 is 0 Å². The Morgan fingerprint density at radius 3 is 2.67 bits per heavy atom. The summed E-state index contributed by atoms with van der Waals surface area (Å²) in [6.07, 6.45) is 4.22. The lowest BCUT2D eigenvalue weighted by atomic mass is 10.0. The van der Waals surface area contributed by atoms with Gasteiger partial charge in [-0.15, -0.1) is 11.3 Å². The van der Waals surface area contributed by atoms with Crippen molar-refractivity contribution in [2.45, 2.75) is 59.0 Å². The first kappa shape index (κ1) is 22.3. The molecule has 1 aliphatic carbocycles. The number of benzene rings is 1. The van der Waals surface area contributed by atoms with Crippen LogP contribution in [0.25, 0.3) is 0 Å². The Kier molecular flexibility index (Phi) is 7.85. The summed E-state index contributed by atoms with van der Waals surface area (Å²) in [7, 11) is 0. The fourth-order valence-electron chi connectivity index (χ4n) is 3.65. The number of nitrogens with one attached hydrogen (secondary N) is 2. The van der Waals surface area contributed by atoms with E-state index >= 15 is 0 Å². The SMILES string of the molecule is Cc1ccc(C(C)C)c(OCc2nc(C(=O)NCCNC(=O)C3CCCC3)cs2)c1. The predicted molar refractivity (Wildman–Crippen MR) is 119 cm³/mol. The smallest absolute Gasteiger partial charge is 0.270 e. The largest absolute Gasteiger partial charge is 0.486 e. The molecule has 3 rings (SSSR count). The van der Waals surface area contributed by atoms with Crippen molar-refractivity contribution in [3.05, 3.63) is 45.4 Å². The summed E-state index contributed by atoms with van der Waals surface area (Å²) in [6.45, 7) is 7.48. The van der Waals surface area contributed by atoms with Crippen LogP contribution in [0.15, 0.2) is 23.6 Å². The third-order valence-corrected chi connectivity index (χ3v) is 6.18. The number of rotatable bonds is 9. The molecule has 0 spiro atoms. The van der Waals surface area contributed by atoms with Crippen LogP contribution in [0.4, 0.5) is 0 Å². The molecule has 0 aliphatic heterocycles. The highest BCUT2D eigenvalue weighted by molar-refractivity contribution is 7.09. The summed E-state index contributed by atoms with van der Waals surface area (Å²) in [5.74, 6) is 1.25. The van der Waals surface area contributed by atoms with Gasteiger partial charge in [0.25, 0.3) is 5.91 Å². The van der Waals surface area contributed by atoms with Gasteiger partial charge in [0.1, 0.15) is 23.1 Å². The second-order valence-electron chi connectivity index (χ2n) is 8.14. The molecule has 0 atom stereocenters. The van der Waals surface area contributed by atoms with E-state index in [0.29, 0.717) is 31.3 Å². The van der Waals surface area contributed by atoms with E-state index in [1.807, 2.05) is 13.0 Å². The Labute approximate surface area is 182 Å². The van der Waals surface area contributed by atoms with Crippen LogP contribution in [0.2, 0.25) is 0 Å². The maximum Gasteiger partial charge on any atom is 0.270 e. The van der Waals surface area contributed by atoms with Crippen LogP contribution < -0.4 is 15.4 Å². The molecule has 30 heavy (non-hydrogen) atoms. The molecule has 2 aromatic rings. The van der Waals surface area contributed by atoms with Crippen LogP contribution in [0, 0.1) is 12.8 Å². The van der Waals surface area contributed by atoms with Gasteiger partial charge in [-0.3, -0.25) is 9.59 Å². The van der Waals surface area contributed by atoms with Gasteiger partial charge in [0.2, 0.25) is 5.91 Å². The number of hydrogen-bond acceptors (Lipinski definition) is 5. The zero-order valence-corrected chi connectivity index (χ0v) is 18.8. The van der Waals surface area contributed by atoms with E-state index in [2.05, 4.69) is 41.6 Å². The van der Waals surface area contributed by atoms with Gasteiger partial charge in [0, 0.05) is 24.4 Å². The van der Waals surface area contributed by atoms with E-state index in [-0.39, 0.29) is 17.7 Å². The molecule has 1 aliphatic rings. The fraction of sp³-hybridized carbons (Fsp3) is 0.522. The minimum absolute atomic E-state index is 0.103. The van der Waals surface area contributed by atoms with Gasteiger partial charge in [0.15, 0.2) is 0 Å². The lowest BCUT2D eigenvalue weighted by Gasteiger charge is -2.14. The second kappa shape index (κ2) is 10.6. The standard InChI is InChI=1S/C23H31N3O3S/c1-15(2)18-9-8-16(3)12-20(18)29-13-21-26-19(14-30-21)23(28)25-11-10-24-22(27)17-6-4-5-7-17/h8-9,12,14-15,17H,4-7,10-11,13H2,1-3H3,(H,24,27)(H,25,28). The zero-order valence-electron chi connectivity index (χ0n) is 18.0. The predicted octanol–water partition coefficient (Wildman–Crippen LogP) is 4.19. The minimum atomic E-state index is -0.231. The first-order valence-electron chi connectivity index (χ1n) is 10.7. The summed E-state index contributed by atoms with van der Waals surface area (Å²) in [6, 6.07) is 6.22. The monoisotopic (exact) mass is 429 g/mol. The fourth-order valence-corrected chi connectivity index (χ4v) is 4.33. The molecular formula is C23H31N3O3S. The van der Waals surface area contributed by atoms with Crippen molar-refractivity contribution in [3.63, 3.8) is 0 Å². The average molecular weight is 430 g/mol. The molecule has 0 unspecified atom stereocenters. The lowest BCUT2D eigenvalue weighted by Crippen LogP contribution is -2.37. The molecule has 1 heterocycles. The van der Waals surface area contributed by atoms with Gasteiger partial charge >= 0.3 is 0 Å². The third kappa shape index (κ3) is 6.05. The van der Waals surface area contributed by atoms with E-state index in [1.54, 1.807) is 5.38 Å². The molecule has 162 valence electrons. The highest BCUT2D eigenvalue weighted by Crippen LogP contribution is 2.28. The van der Waals surface area contributed by atoms with Gasteiger partial charge in [-0.25, -0.2) is 4.98 Å². The van der Waals surface area contributed by atoms with E-state index in [1.165, 1.54) is 11.3 Å². The zero-order chi connectivity index (χ0) is 21.5. The molecule has 1 aromatic heterocycles. The number of amides is 2.